The Labute approximate surface area is 149 Å². The number of aromatic nitrogens is 2. The standard InChI is InChI=1S/C19H27N5O/c1-15-13-18(20)24(22-15)14-19(25)21-9-12-23-10-7-17(8-11-23)16-5-3-2-4-6-16/h2-6,13,17H,7-12,14,20H2,1H3,(H,21,25). The number of benzene rings is 1. The predicted molar refractivity (Wildman–Crippen MR) is 99.2 cm³/mol. The van der Waals surface area contributed by atoms with Crippen molar-refractivity contribution in [1.29, 1.82) is 0 Å². The van der Waals surface area contributed by atoms with Gasteiger partial charge in [-0.15, -0.1) is 0 Å². The van der Waals surface area contributed by atoms with Crippen LogP contribution in [0.3, 0.4) is 0 Å². The maximum absolute atomic E-state index is 12.0. The Kier molecular flexibility index (Phi) is 5.71. The Morgan fingerprint density at radius 1 is 1.28 bits per heavy atom. The highest BCUT2D eigenvalue weighted by Gasteiger charge is 2.20. The van der Waals surface area contributed by atoms with Gasteiger partial charge >= 0.3 is 0 Å². The summed E-state index contributed by atoms with van der Waals surface area (Å²) >= 11 is 0. The lowest BCUT2D eigenvalue weighted by Gasteiger charge is -2.32. The van der Waals surface area contributed by atoms with E-state index < -0.39 is 0 Å². The number of amides is 1. The van der Waals surface area contributed by atoms with Gasteiger partial charge in [0.1, 0.15) is 12.4 Å². The third kappa shape index (κ3) is 4.82. The molecule has 1 aromatic carbocycles. The number of carbonyl (C=O) groups excluding carboxylic acids is 1. The number of aryl methyl sites for hydroxylation is 1. The first-order chi connectivity index (χ1) is 12.1. The normalized spacial score (nSPS) is 16.0. The zero-order valence-corrected chi connectivity index (χ0v) is 14.8. The van der Waals surface area contributed by atoms with Crippen LogP contribution in [0.1, 0.15) is 30.0 Å². The van der Waals surface area contributed by atoms with Crippen LogP contribution < -0.4 is 11.1 Å². The first kappa shape index (κ1) is 17.5. The van der Waals surface area contributed by atoms with Crippen LogP contribution in [0.4, 0.5) is 5.82 Å². The number of nitrogens with two attached hydrogens (primary N) is 1. The molecule has 0 aliphatic carbocycles. The van der Waals surface area contributed by atoms with E-state index in [4.69, 9.17) is 5.73 Å². The molecule has 25 heavy (non-hydrogen) atoms. The van der Waals surface area contributed by atoms with Gasteiger partial charge in [0.25, 0.3) is 0 Å². The molecule has 3 rings (SSSR count). The number of carbonyl (C=O) groups is 1. The van der Waals surface area contributed by atoms with Gasteiger partial charge < -0.3 is 16.0 Å². The average Bonchev–Trinajstić information content (AvgIpc) is 2.93. The number of piperidine rings is 1. The van der Waals surface area contributed by atoms with Crippen LogP contribution in [-0.4, -0.2) is 46.8 Å². The Hall–Kier alpha value is -2.34. The molecule has 3 N–H and O–H groups in total. The van der Waals surface area contributed by atoms with Gasteiger partial charge in [0.05, 0.1) is 5.69 Å². The number of rotatable bonds is 6. The van der Waals surface area contributed by atoms with Crippen LogP contribution in [-0.2, 0) is 11.3 Å². The molecule has 1 aliphatic heterocycles. The second kappa shape index (κ2) is 8.16. The summed E-state index contributed by atoms with van der Waals surface area (Å²) in [4.78, 5) is 14.4. The average molecular weight is 341 g/mol. The minimum atomic E-state index is -0.0472. The maximum atomic E-state index is 12.0. The molecule has 2 aromatic rings. The highest BCUT2D eigenvalue weighted by atomic mass is 16.2. The summed E-state index contributed by atoms with van der Waals surface area (Å²) in [5, 5.41) is 7.17. The van der Waals surface area contributed by atoms with E-state index in [-0.39, 0.29) is 12.5 Å². The molecule has 1 fully saturated rings. The van der Waals surface area contributed by atoms with Gasteiger partial charge in [-0.05, 0) is 44.3 Å². The van der Waals surface area contributed by atoms with Gasteiger partial charge in [-0.2, -0.15) is 5.10 Å². The van der Waals surface area contributed by atoms with Gasteiger partial charge in [0.15, 0.2) is 0 Å². The van der Waals surface area contributed by atoms with Crippen molar-refractivity contribution in [2.75, 3.05) is 31.9 Å². The fourth-order valence-electron chi connectivity index (χ4n) is 3.45. The summed E-state index contributed by atoms with van der Waals surface area (Å²) in [6.45, 7) is 5.76. The molecule has 0 atom stereocenters. The summed E-state index contributed by atoms with van der Waals surface area (Å²) in [6.07, 6.45) is 2.36. The van der Waals surface area contributed by atoms with Gasteiger partial charge in [-0.25, -0.2) is 4.68 Å². The molecule has 0 radical (unpaired) electrons. The van der Waals surface area contributed by atoms with Crippen molar-refractivity contribution in [3.05, 3.63) is 47.7 Å². The number of nitrogen functional groups attached to an aromatic ring is 1. The molecule has 2 heterocycles. The lowest BCUT2D eigenvalue weighted by Crippen LogP contribution is -2.40. The summed E-state index contributed by atoms with van der Waals surface area (Å²) in [7, 11) is 0. The van der Waals surface area contributed by atoms with Gasteiger partial charge in [-0.3, -0.25) is 4.79 Å². The summed E-state index contributed by atoms with van der Waals surface area (Å²) in [6, 6.07) is 12.5. The summed E-state index contributed by atoms with van der Waals surface area (Å²) in [5.41, 5.74) is 8.08. The second-order valence-electron chi connectivity index (χ2n) is 6.74. The topological polar surface area (TPSA) is 76.2 Å². The number of anilines is 1. The Balaban J connectivity index is 1.36. The zero-order chi connectivity index (χ0) is 17.6. The van der Waals surface area contributed by atoms with E-state index in [1.165, 1.54) is 23.1 Å². The monoisotopic (exact) mass is 341 g/mol. The third-order valence-corrected chi connectivity index (χ3v) is 4.84. The highest BCUT2D eigenvalue weighted by molar-refractivity contribution is 5.76. The fraction of sp³-hybridized carbons (Fsp3) is 0.474. The minimum absolute atomic E-state index is 0.0472. The van der Waals surface area contributed by atoms with Gasteiger partial charge in [-0.1, -0.05) is 30.3 Å². The first-order valence-electron chi connectivity index (χ1n) is 8.96. The minimum Gasteiger partial charge on any atom is -0.384 e. The highest BCUT2D eigenvalue weighted by Crippen LogP contribution is 2.27. The SMILES string of the molecule is Cc1cc(N)n(CC(=O)NCCN2CCC(c3ccccc3)CC2)n1. The molecule has 0 saturated carbocycles. The molecule has 134 valence electrons. The second-order valence-corrected chi connectivity index (χ2v) is 6.74. The van der Waals surface area contributed by atoms with Crippen LogP contribution in [0.2, 0.25) is 0 Å². The van der Waals surface area contributed by atoms with E-state index in [0.29, 0.717) is 18.3 Å². The number of likely N-dealkylation sites (tertiary alicyclic amines) is 1. The smallest absolute Gasteiger partial charge is 0.241 e. The van der Waals surface area contributed by atoms with Crippen LogP contribution in [0.5, 0.6) is 0 Å². The molecule has 0 spiro atoms. The molecule has 6 nitrogen and oxygen atoms in total. The molecule has 1 aromatic heterocycles. The van der Waals surface area contributed by atoms with E-state index in [0.717, 1.165) is 25.3 Å². The van der Waals surface area contributed by atoms with Crippen LogP contribution in [0, 0.1) is 6.92 Å². The Bertz CT molecular complexity index is 689. The number of hydrogen-bond donors (Lipinski definition) is 2. The number of nitrogens with zero attached hydrogens (tertiary/aromatic N) is 3. The van der Waals surface area contributed by atoms with Crippen LogP contribution in [0.15, 0.2) is 36.4 Å². The molecule has 0 unspecified atom stereocenters. The molecule has 6 heteroatoms. The summed E-state index contributed by atoms with van der Waals surface area (Å²) in [5.74, 6) is 1.14. The van der Waals surface area contributed by atoms with Crippen molar-refractivity contribution in [3.8, 4) is 0 Å². The molecular formula is C19H27N5O. The zero-order valence-electron chi connectivity index (χ0n) is 14.8. The first-order valence-corrected chi connectivity index (χ1v) is 8.96. The van der Waals surface area contributed by atoms with E-state index in [9.17, 15) is 4.79 Å². The molecule has 0 bridgehead atoms. The fourth-order valence-corrected chi connectivity index (χ4v) is 3.45. The van der Waals surface area contributed by atoms with Gasteiger partial charge in [0.2, 0.25) is 5.91 Å². The molecular weight excluding hydrogens is 314 g/mol. The van der Waals surface area contributed by atoms with E-state index >= 15 is 0 Å². The summed E-state index contributed by atoms with van der Waals surface area (Å²) < 4.78 is 1.54. The van der Waals surface area contributed by atoms with E-state index in [1.807, 2.05) is 6.92 Å². The Morgan fingerprint density at radius 3 is 2.64 bits per heavy atom. The van der Waals surface area contributed by atoms with Crippen molar-refractivity contribution >= 4 is 11.7 Å². The third-order valence-electron chi connectivity index (χ3n) is 4.84. The molecule has 1 aliphatic rings. The van der Waals surface area contributed by atoms with Crippen LogP contribution in [0.25, 0.3) is 0 Å². The van der Waals surface area contributed by atoms with E-state index in [1.54, 1.807) is 6.07 Å². The number of hydrogen-bond acceptors (Lipinski definition) is 4. The van der Waals surface area contributed by atoms with Crippen molar-refractivity contribution < 1.29 is 4.79 Å². The Morgan fingerprint density at radius 2 is 2.00 bits per heavy atom. The van der Waals surface area contributed by atoms with Crippen molar-refractivity contribution in [3.63, 3.8) is 0 Å². The maximum Gasteiger partial charge on any atom is 0.241 e. The lowest BCUT2D eigenvalue weighted by atomic mass is 9.89. The lowest BCUT2D eigenvalue weighted by molar-refractivity contribution is -0.121. The van der Waals surface area contributed by atoms with Crippen molar-refractivity contribution in [1.82, 2.24) is 20.0 Å². The van der Waals surface area contributed by atoms with Gasteiger partial charge in [0, 0.05) is 19.2 Å². The number of nitrogens with one attached hydrogen (secondary N) is 1. The van der Waals surface area contributed by atoms with Crippen LogP contribution >= 0.6 is 0 Å². The molecule has 1 saturated heterocycles. The van der Waals surface area contributed by atoms with E-state index in [2.05, 4.69) is 45.6 Å². The van der Waals surface area contributed by atoms with Crippen molar-refractivity contribution in [2.24, 2.45) is 0 Å². The predicted octanol–water partition coefficient (Wildman–Crippen LogP) is 1.77. The largest absolute Gasteiger partial charge is 0.384 e. The quantitative estimate of drug-likeness (QED) is 0.839. The van der Waals surface area contributed by atoms with Crippen molar-refractivity contribution in [2.45, 2.75) is 32.2 Å². The molecule has 1 amide bonds.